The summed E-state index contributed by atoms with van der Waals surface area (Å²) in [4.78, 5) is 14.6. The van der Waals surface area contributed by atoms with E-state index in [1.54, 1.807) is 0 Å². The molecule has 0 aliphatic carbocycles. The molecule has 1 saturated heterocycles. The molecule has 2 heterocycles. The van der Waals surface area contributed by atoms with Crippen LogP contribution in [0.4, 0.5) is 5.13 Å². The fraction of sp³-hybridized carbons (Fsp3) is 0.786. The Labute approximate surface area is 135 Å². The molecule has 8 heteroatoms. The van der Waals surface area contributed by atoms with E-state index in [2.05, 4.69) is 34.3 Å². The minimum absolute atomic E-state index is 0.0469. The SMILES string of the molecule is CC(C)N1CCO[C@H](CC(=O)NC(C)(C)c2nnc(N)s2)C1. The van der Waals surface area contributed by atoms with Crippen LogP contribution in [0.15, 0.2) is 0 Å². The van der Waals surface area contributed by atoms with Crippen molar-refractivity contribution in [1.29, 1.82) is 0 Å². The standard InChI is InChI=1S/C14H25N5O2S/c1-9(2)19-5-6-21-10(8-19)7-11(20)16-14(3,4)12-17-18-13(15)22-12/h9-10H,5-8H2,1-4H3,(H2,15,18)(H,16,20)/t10-/m1/s1. The first-order chi connectivity index (χ1) is 10.3. The highest BCUT2D eigenvalue weighted by molar-refractivity contribution is 7.15. The van der Waals surface area contributed by atoms with Gasteiger partial charge in [-0.1, -0.05) is 11.3 Å². The van der Waals surface area contributed by atoms with Gasteiger partial charge in [-0.2, -0.15) is 0 Å². The van der Waals surface area contributed by atoms with Crippen molar-refractivity contribution in [1.82, 2.24) is 20.4 Å². The number of carbonyl (C=O) groups is 1. The second-order valence-corrected chi connectivity index (χ2v) is 7.41. The first-order valence-corrected chi connectivity index (χ1v) is 8.35. The van der Waals surface area contributed by atoms with Gasteiger partial charge in [0.1, 0.15) is 5.01 Å². The second kappa shape index (κ2) is 6.89. The number of carbonyl (C=O) groups excluding carboxylic acids is 1. The van der Waals surface area contributed by atoms with Gasteiger partial charge in [-0.25, -0.2) is 0 Å². The van der Waals surface area contributed by atoms with E-state index in [1.807, 2.05) is 13.8 Å². The molecule has 1 aromatic heterocycles. The average Bonchev–Trinajstić information content (AvgIpc) is 2.85. The van der Waals surface area contributed by atoms with Crippen molar-refractivity contribution in [3.8, 4) is 0 Å². The Morgan fingerprint density at radius 3 is 2.86 bits per heavy atom. The van der Waals surface area contributed by atoms with Crippen LogP contribution < -0.4 is 11.1 Å². The van der Waals surface area contributed by atoms with Gasteiger partial charge in [0.2, 0.25) is 11.0 Å². The van der Waals surface area contributed by atoms with Gasteiger partial charge in [0, 0.05) is 19.1 Å². The van der Waals surface area contributed by atoms with E-state index in [-0.39, 0.29) is 12.0 Å². The Morgan fingerprint density at radius 1 is 1.55 bits per heavy atom. The van der Waals surface area contributed by atoms with Crippen molar-refractivity contribution >= 4 is 22.4 Å². The quantitative estimate of drug-likeness (QED) is 0.837. The summed E-state index contributed by atoms with van der Waals surface area (Å²) < 4.78 is 5.71. The van der Waals surface area contributed by atoms with E-state index in [0.717, 1.165) is 13.1 Å². The molecule has 1 aromatic rings. The molecule has 22 heavy (non-hydrogen) atoms. The minimum atomic E-state index is -0.585. The molecule has 0 radical (unpaired) electrons. The predicted octanol–water partition coefficient (Wildman–Crippen LogP) is 0.971. The van der Waals surface area contributed by atoms with Crippen LogP contribution in [0.1, 0.15) is 39.1 Å². The number of nitrogen functional groups attached to an aromatic ring is 1. The topological polar surface area (TPSA) is 93.4 Å². The molecule has 1 amide bonds. The lowest BCUT2D eigenvalue weighted by Crippen LogP contribution is -2.48. The van der Waals surface area contributed by atoms with Gasteiger partial charge in [-0.3, -0.25) is 9.69 Å². The van der Waals surface area contributed by atoms with Crippen molar-refractivity contribution in [2.24, 2.45) is 0 Å². The summed E-state index contributed by atoms with van der Waals surface area (Å²) in [6.07, 6.45) is 0.285. The molecule has 2 rings (SSSR count). The van der Waals surface area contributed by atoms with Crippen molar-refractivity contribution in [3.63, 3.8) is 0 Å². The first-order valence-electron chi connectivity index (χ1n) is 7.54. The molecule has 1 fully saturated rings. The zero-order chi connectivity index (χ0) is 16.3. The Morgan fingerprint density at radius 2 is 2.27 bits per heavy atom. The maximum Gasteiger partial charge on any atom is 0.223 e. The van der Waals surface area contributed by atoms with Gasteiger partial charge in [-0.15, -0.1) is 10.2 Å². The Kier molecular flexibility index (Phi) is 5.36. The van der Waals surface area contributed by atoms with E-state index in [1.165, 1.54) is 11.3 Å². The number of nitrogens with two attached hydrogens (primary N) is 1. The largest absolute Gasteiger partial charge is 0.375 e. The summed E-state index contributed by atoms with van der Waals surface area (Å²) in [6, 6.07) is 0.468. The molecular formula is C14H25N5O2S. The minimum Gasteiger partial charge on any atom is -0.375 e. The zero-order valence-electron chi connectivity index (χ0n) is 13.6. The lowest BCUT2D eigenvalue weighted by molar-refractivity contribution is -0.128. The predicted molar refractivity (Wildman–Crippen MR) is 86.6 cm³/mol. The first kappa shape index (κ1) is 17.1. The molecule has 0 aromatic carbocycles. The normalized spacial score (nSPS) is 20.3. The Hall–Kier alpha value is -1.25. The van der Waals surface area contributed by atoms with Gasteiger partial charge in [-0.05, 0) is 27.7 Å². The highest BCUT2D eigenvalue weighted by Crippen LogP contribution is 2.25. The van der Waals surface area contributed by atoms with Crippen LogP contribution in [0.25, 0.3) is 0 Å². The highest BCUT2D eigenvalue weighted by atomic mass is 32.1. The maximum absolute atomic E-state index is 12.3. The van der Waals surface area contributed by atoms with E-state index in [0.29, 0.717) is 29.2 Å². The summed E-state index contributed by atoms with van der Waals surface area (Å²) in [5.74, 6) is -0.0469. The molecular weight excluding hydrogens is 302 g/mol. The lowest BCUT2D eigenvalue weighted by atomic mass is 10.1. The summed E-state index contributed by atoms with van der Waals surface area (Å²) in [6.45, 7) is 10.5. The molecule has 1 aliphatic heterocycles. The highest BCUT2D eigenvalue weighted by Gasteiger charge is 2.30. The molecule has 0 bridgehead atoms. The van der Waals surface area contributed by atoms with E-state index in [4.69, 9.17) is 10.5 Å². The fourth-order valence-electron chi connectivity index (χ4n) is 2.48. The lowest BCUT2D eigenvalue weighted by Gasteiger charge is -2.35. The Bertz CT molecular complexity index is 517. The van der Waals surface area contributed by atoms with Crippen molar-refractivity contribution in [2.45, 2.75) is 51.8 Å². The van der Waals surface area contributed by atoms with Crippen molar-refractivity contribution in [2.75, 3.05) is 25.4 Å². The van der Waals surface area contributed by atoms with Gasteiger partial charge in [0.05, 0.1) is 24.7 Å². The molecule has 124 valence electrons. The molecule has 0 saturated carbocycles. The number of rotatable bonds is 5. The number of morpholine rings is 1. The van der Waals surface area contributed by atoms with Crippen molar-refractivity contribution < 1.29 is 9.53 Å². The smallest absolute Gasteiger partial charge is 0.223 e. The van der Waals surface area contributed by atoms with Crippen LogP contribution in [0.5, 0.6) is 0 Å². The number of amides is 1. The zero-order valence-corrected chi connectivity index (χ0v) is 14.4. The summed E-state index contributed by atoms with van der Waals surface area (Å²) in [5.41, 5.74) is 5.02. The number of aromatic nitrogens is 2. The summed E-state index contributed by atoms with van der Waals surface area (Å²) in [5, 5.41) is 11.9. The summed E-state index contributed by atoms with van der Waals surface area (Å²) in [7, 11) is 0. The van der Waals surface area contributed by atoms with Gasteiger partial charge < -0.3 is 15.8 Å². The molecule has 0 spiro atoms. The van der Waals surface area contributed by atoms with Gasteiger partial charge in [0.15, 0.2) is 0 Å². The number of ether oxygens (including phenoxy) is 1. The fourth-order valence-corrected chi connectivity index (χ4v) is 3.15. The van der Waals surface area contributed by atoms with E-state index < -0.39 is 5.54 Å². The van der Waals surface area contributed by atoms with Gasteiger partial charge >= 0.3 is 0 Å². The van der Waals surface area contributed by atoms with Crippen LogP contribution in [0, 0.1) is 0 Å². The summed E-state index contributed by atoms with van der Waals surface area (Å²) >= 11 is 1.29. The Balaban J connectivity index is 1.89. The molecule has 7 nitrogen and oxygen atoms in total. The third-order valence-corrected chi connectivity index (χ3v) is 4.82. The van der Waals surface area contributed by atoms with Crippen LogP contribution in [0.3, 0.4) is 0 Å². The van der Waals surface area contributed by atoms with Crippen LogP contribution in [-0.4, -0.2) is 52.8 Å². The van der Waals surface area contributed by atoms with Crippen LogP contribution in [0.2, 0.25) is 0 Å². The number of hydrogen-bond donors (Lipinski definition) is 2. The molecule has 1 atom stereocenters. The number of anilines is 1. The maximum atomic E-state index is 12.3. The van der Waals surface area contributed by atoms with Crippen LogP contribution >= 0.6 is 11.3 Å². The van der Waals surface area contributed by atoms with Gasteiger partial charge in [0.25, 0.3) is 0 Å². The van der Waals surface area contributed by atoms with E-state index in [9.17, 15) is 4.79 Å². The number of hydrogen-bond acceptors (Lipinski definition) is 7. The third kappa shape index (κ3) is 4.37. The average molecular weight is 327 g/mol. The number of nitrogens with one attached hydrogen (secondary N) is 1. The molecule has 1 aliphatic rings. The number of nitrogens with zero attached hydrogens (tertiary/aromatic N) is 3. The monoisotopic (exact) mass is 327 g/mol. The molecule has 3 N–H and O–H groups in total. The molecule has 0 unspecified atom stereocenters. The third-order valence-electron chi connectivity index (χ3n) is 3.74. The van der Waals surface area contributed by atoms with E-state index >= 15 is 0 Å². The van der Waals surface area contributed by atoms with Crippen molar-refractivity contribution in [3.05, 3.63) is 5.01 Å². The van der Waals surface area contributed by atoms with Crippen LogP contribution in [-0.2, 0) is 15.1 Å². The second-order valence-electron chi connectivity index (χ2n) is 6.40.